The average Bonchev–Trinajstić information content (AvgIpc) is 3.93. The molecule has 0 unspecified atom stereocenters. The number of aromatic hydroxyl groups is 1. The summed E-state index contributed by atoms with van der Waals surface area (Å²) < 4.78 is 88.5. The predicted molar refractivity (Wildman–Crippen MR) is 288 cm³/mol. The first kappa shape index (κ1) is 35.2. The molecule has 2 heterocycles. The molecule has 68 heavy (non-hydrogen) atoms. The minimum absolute atomic E-state index is 0.0402. The number of para-hydroxylation sites is 1. The zero-order valence-corrected chi connectivity index (χ0v) is 40.6. The number of pyridine rings is 1. The standard InChI is InChI=1S/C64H65N3O/c1-39(2)47-36-53(40(3)4)61(68)54(37-47)62-66-60-52(48-33-49(35-50(34-48)63(7,8)9)56-38-45(30-31-65-56)43-26-24-41(5)25-27-43)21-17-23-58(60)67(62)57-29-28-46(32-42(57)6)59-51(44-18-14-13-15-19-44)20-16-22-55(59)64(10,11)12/h13-40,68H,1-12H3/i5D3,6D3,24D,25D,26D,27D. The SMILES string of the molecule is [2H]c1c([2H])c(C([2H])([2H])[2H])c([2H])c([2H])c1-c1ccnc(-c2cc(-c3cccc4c3nc(-c3cc(C(C)C)cc(C(C)C)c3O)n4-c3ccc(-c4c(-c5ccccc5)cccc4C(C)(C)C)cc3C([2H])([2H])[2H])cc(C(C)(C)C)c2)c1. The fourth-order valence-corrected chi connectivity index (χ4v) is 9.18. The fourth-order valence-electron chi connectivity index (χ4n) is 9.18. The highest BCUT2D eigenvalue weighted by Gasteiger charge is 2.27. The van der Waals surface area contributed by atoms with Gasteiger partial charge in [0.25, 0.3) is 0 Å². The molecule has 0 radical (unpaired) electrons. The fraction of sp³-hybridized carbons (Fsp3) is 0.250. The van der Waals surface area contributed by atoms with Crippen molar-refractivity contribution in [2.24, 2.45) is 0 Å². The van der Waals surface area contributed by atoms with Gasteiger partial charge in [0, 0.05) is 25.5 Å². The van der Waals surface area contributed by atoms with Gasteiger partial charge in [-0.1, -0.05) is 178 Å². The summed E-state index contributed by atoms with van der Waals surface area (Å²) in [5, 5.41) is 12.4. The van der Waals surface area contributed by atoms with Crippen LogP contribution in [0.1, 0.15) is 128 Å². The highest BCUT2D eigenvalue weighted by atomic mass is 16.3. The van der Waals surface area contributed by atoms with Crippen molar-refractivity contribution in [3.05, 3.63) is 191 Å². The Bertz CT molecular complexity index is 3770. The first-order valence-electron chi connectivity index (χ1n) is 28.4. The number of phenols is 1. The highest BCUT2D eigenvalue weighted by Crippen LogP contribution is 2.45. The summed E-state index contributed by atoms with van der Waals surface area (Å²) in [6.45, 7) is 15.6. The number of imidazole rings is 1. The largest absolute Gasteiger partial charge is 0.507 e. The summed E-state index contributed by atoms with van der Waals surface area (Å²) in [7, 11) is 0. The van der Waals surface area contributed by atoms with Gasteiger partial charge in [-0.05, 0) is 152 Å². The molecule has 1 N–H and O–H groups in total. The molecule has 0 saturated carbocycles. The van der Waals surface area contributed by atoms with E-state index in [1.165, 1.54) is 6.20 Å². The van der Waals surface area contributed by atoms with E-state index in [2.05, 4.69) is 91.8 Å². The molecule has 0 atom stereocenters. The molecule has 0 fully saturated rings. The minimum atomic E-state index is -2.85. The van der Waals surface area contributed by atoms with Crippen LogP contribution in [0.3, 0.4) is 0 Å². The Morgan fingerprint density at radius 3 is 2.01 bits per heavy atom. The van der Waals surface area contributed by atoms with Crippen molar-refractivity contribution in [2.75, 3.05) is 0 Å². The third-order valence-corrected chi connectivity index (χ3v) is 12.9. The Morgan fingerprint density at radius 2 is 1.32 bits per heavy atom. The van der Waals surface area contributed by atoms with E-state index >= 15 is 0 Å². The predicted octanol–water partition coefficient (Wildman–Crippen LogP) is 17.6. The quantitative estimate of drug-likeness (QED) is 0.157. The van der Waals surface area contributed by atoms with Gasteiger partial charge in [0.2, 0.25) is 0 Å². The van der Waals surface area contributed by atoms with E-state index in [1.54, 1.807) is 18.2 Å². The van der Waals surface area contributed by atoms with E-state index in [-0.39, 0.29) is 34.1 Å². The smallest absolute Gasteiger partial charge is 0.149 e. The zero-order valence-electron chi connectivity index (χ0n) is 50.6. The first-order valence-corrected chi connectivity index (χ1v) is 23.4. The lowest BCUT2D eigenvalue weighted by molar-refractivity contribution is 0.466. The lowest BCUT2D eigenvalue weighted by atomic mass is 9.78. The van der Waals surface area contributed by atoms with Gasteiger partial charge in [-0.2, -0.15) is 0 Å². The second-order valence-corrected chi connectivity index (χ2v) is 20.6. The van der Waals surface area contributed by atoms with E-state index in [0.717, 1.165) is 55.6 Å². The third kappa shape index (κ3) is 8.81. The van der Waals surface area contributed by atoms with Crippen molar-refractivity contribution in [2.45, 2.75) is 106 Å². The molecule has 4 nitrogen and oxygen atoms in total. The van der Waals surface area contributed by atoms with E-state index in [1.807, 2.05) is 91.2 Å². The van der Waals surface area contributed by atoms with Gasteiger partial charge in [-0.15, -0.1) is 0 Å². The molecule has 0 bridgehead atoms. The number of hydrogen-bond acceptors (Lipinski definition) is 3. The Labute approximate surface area is 418 Å². The van der Waals surface area contributed by atoms with Gasteiger partial charge < -0.3 is 5.11 Å². The first-order chi connectivity index (χ1) is 36.5. The van der Waals surface area contributed by atoms with Crippen LogP contribution in [-0.4, -0.2) is 19.6 Å². The summed E-state index contributed by atoms with van der Waals surface area (Å²) in [5.74, 6) is 0.446. The van der Waals surface area contributed by atoms with Gasteiger partial charge in [-0.25, -0.2) is 4.98 Å². The Balaban J connectivity index is 1.33. The van der Waals surface area contributed by atoms with Crippen molar-refractivity contribution in [3.63, 3.8) is 0 Å². The summed E-state index contributed by atoms with van der Waals surface area (Å²) in [6, 6.07) is 39.1. The van der Waals surface area contributed by atoms with Gasteiger partial charge in [-0.3, -0.25) is 9.55 Å². The lowest BCUT2D eigenvalue weighted by Crippen LogP contribution is -2.13. The number of aryl methyl sites for hydroxylation is 1. The van der Waals surface area contributed by atoms with E-state index in [0.29, 0.717) is 44.9 Å². The van der Waals surface area contributed by atoms with E-state index in [9.17, 15) is 9.22 Å². The third-order valence-electron chi connectivity index (χ3n) is 12.9. The normalized spacial score (nSPS) is 14.6. The van der Waals surface area contributed by atoms with Crippen LogP contribution in [0, 0.1) is 13.7 Å². The number of hydrogen-bond donors (Lipinski definition) is 1. The molecule has 342 valence electrons. The molecule has 0 aliphatic rings. The minimum Gasteiger partial charge on any atom is -0.507 e. The monoisotopic (exact) mass is 902 g/mol. The molecule has 4 heteroatoms. The maximum absolute atomic E-state index is 12.4. The Kier molecular flexibility index (Phi) is 9.24. The van der Waals surface area contributed by atoms with Crippen LogP contribution in [0.5, 0.6) is 5.75 Å². The Morgan fingerprint density at radius 1 is 0.588 bits per heavy atom. The maximum atomic E-state index is 12.4. The van der Waals surface area contributed by atoms with Gasteiger partial charge in [0.15, 0.2) is 0 Å². The molecule has 0 spiro atoms. The zero-order chi connectivity index (χ0) is 56.7. The van der Waals surface area contributed by atoms with Crippen molar-refractivity contribution in [1.82, 2.24) is 14.5 Å². The van der Waals surface area contributed by atoms with Crippen LogP contribution in [0.15, 0.2) is 158 Å². The van der Waals surface area contributed by atoms with Crippen molar-refractivity contribution < 1.29 is 18.8 Å². The number of rotatable bonds is 9. The van der Waals surface area contributed by atoms with Crippen molar-refractivity contribution in [1.29, 1.82) is 0 Å². The van der Waals surface area contributed by atoms with Crippen LogP contribution < -0.4 is 0 Å². The Hall–Kier alpha value is -7.04. The molecular weight excluding hydrogens is 827 g/mol. The van der Waals surface area contributed by atoms with Crippen LogP contribution in [-0.2, 0) is 10.8 Å². The number of fused-ring (bicyclic) bond motifs is 1. The molecule has 0 saturated heterocycles. The maximum Gasteiger partial charge on any atom is 0.149 e. The summed E-state index contributed by atoms with van der Waals surface area (Å²) in [5.41, 5.74) is 11.1. The molecule has 0 aliphatic carbocycles. The molecule has 9 aromatic rings. The van der Waals surface area contributed by atoms with Crippen molar-refractivity contribution >= 4 is 11.0 Å². The average molecular weight is 902 g/mol. The van der Waals surface area contributed by atoms with E-state index < -0.39 is 48.9 Å². The van der Waals surface area contributed by atoms with Crippen LogP contribution in [0.25, 0.3) is 83.9 Å². The second kappa shape index (κ2) is 17.9. The number of aromatic nitrogens is 3. The van der Waals surface area contributed by atoms with Crippen molar-refractivity contribution in [3.8, 4) is 78.6 Å². The molecule has 0 aliphatic heterocycles. The summed E-state index contributed by atoms with van der Waals surface area (Å²) >= 11 is 0. The number of nitrogens with zero attached hydrogens (tertiary/aromatic N) is 3. The van der Waals surface area contributed by atoms with Crippen LogP contribution in [0.4, 0.5) is 0 Å². The molecule has 7 aromatic carbocycles. The highest BCUT2D eigenvalue weighted by molar-refractivity contribution is 5.97. The lowest BCUT2D eigenvalue weighted by Gasteiger charge is -2.26. The summed E-state index contributed by atoms with van der Waals surface area (Å²) in [4.78, 5) is 10.3. The second-order valence-electron chi connectivity index (χ2n) is 20.6. The molecule has 0 amide bonds. The van der Waals surface area contributed by atoms with Crippen LogP contribution >= 0.6 is 0 Å². The topological polar surface area (TPSA) is 50.9 Å². The molecule has 2 aromatic heterocycles. The van der Waals surface area contributed by atoms with Gasteiger partial charge in [0.05, 0.1) is 33.5 Å². The van der Waals surface area contributed by atoms with Gasteiger partial charge >= 0.3 is 0 Å². The number of benzene rings is 7. The number of phenolic OH excluding ortho intramolecular Hbond substituents is 1. The van der Waals surface area contributed by atoms with E-state index in [4.69, 9.17) is 19.6 Å². The summed E-state index contributed by atoms with van der Waals surface area (Å²) in [6.07, 6.45) is 1.54. The molecule has 9 rings (SSSR count). The molecular formula is C64H65N3O. The van der Waals surface area contributed by atoms with Gasteiger partial charge in [0.1, 0.15) is 11.6 Å². The van der Waals surface area contributed by atoms with Crippen LogP contribution in [0.2, 0.25) is 0 Å².